The summed E-state index contributed by atoms with van der Waals surface area (Å²) in [4.78, 5) is 35.7. The third kappa shape index (κ3) is 18.3. The van der Waals surface area contributed by atoms with E-state index >= 15 is 0 Å². The highest BCUT2D eigenvalue weighted by atomic mass is 19.2. The van der Waals surface area contributed by atoms with Crippen molar-refractivity contribution in [2.75, 3.05) is 52.7 Å². The third-order valence-electron chi connectivity index (χ3n) is 8.25. The summed E-state index contributed by atoms with van der Waals surface area (Å²) in [5.41, 5.74) is 0. The second kappa shape index (κ2) is 26.7. The first-order valence-electron chi connectivity index (χ1n) is 18.1. The molecule has 2 rings (SSSR count). The van der Waals surface area contributed by atoms with Gasteiger partial charge in [0.25, 0.3) is 0 Å². The number of hydrogen-bond acceptors (Lipinski definition) is 11. The van der Waals surface area contributed by atoms with Crippen molar-refractivity contribution in [2.24, 2.45) is 0 Å². The standard InChI is InChI=1S/C35H53F5N2O11/c36-29-30(37)32(39)35(33(40)31(29)38)53-27(47)13-8-6-4-2-1-3-5-7-11-25(45)41-14-17-49-19-20-50-18-15-42-26(46)12-9-10-16-51-28-21-23(44)34(48)24(22-43)52-28/h23-24,28,34,43-44,48H,1-22H2,(H,41,45)(H,42,46)/t23-,24-,28-,34-/m1/s1. The topological polar surface area (TPSA) is 182 Å². The van der Waals surface area contributed by atoms with Crippen molar-refractivity contribution < 1.29 is 75.3 Å². The van der Waals surface area contributed by atoms with Crippen molar-refractivity contribution in [3.8, 4) is 5.75 Å². The number of esters is 1. The lowest BCUT2D eigenvalue weighted by Crippen LogP contribution is -2.50. The summed E-state index contributed by atoms with van der Waals surface area (Å²) in [7, 11) is 0. The maximum absolute atomic E-state index is 13.6. The van der Waals surface area contributed by atoms with E-state index in [0.717, 1.165) is 38.5 Å². The average Bonchev–Trinajstić information content (AvgIpc) is 3.14. The molecule has 18 heteroatoms. The molecule has 1 saturated heterocycles. The molecule has 0 saturated carbocycles. The lowest BCUT2D eigenvalue weighted by Gasteiger charge is -2.36. The molecule has 0 spiro atoms. The molecule has 0 radical (unpaired) electrons. The molecule has 0 unspecified atom stereocenters. The summed E-state index contributed by atoms with van der Waals surface area (Å²) in [6.07, 6.45) is 4.00. The molecule has 53 heavy (non-hydrogen) atoms. The highest BCUT2D eigenvalue weighted by Crippen LogP contribution is 2.29. The zero-order valence-corrected chi connectivity index (χ0v) is 29.9. The fourth-order valence-electron chi connectivity index (χ4n) is 5.25. The monoisotopic (exact) mass is 772 g/mol. The van der Waals surface area contributed by atoms with Crippen LogP contribution in [-0.4, -0.2) is 110 Å². The number of carbonyl (C=O) groups excluding carboxylic acids is 3. The van der Waals surface area contributed by atoms with E-state index in [1.165, 1.54) is 0 Å². The van der Waals surface area contributed by atoms with Gasteiger partial charge in [-0.1, -0.05) is 38.5 Å². The Hall–Kier alpha value is -3.00. The van der Waals surface area contributed by atoms with Gasteiger partial charge in [0.2, 0.25) is 46.6 Å². The van der Waals surface area contributed by atoms with Gasteiger partial charge in [-0.05, 0) is 25.7 Å². The number of halogens is 5. The Kier molecular flexibility index (Phi) is 23.3. The van der Waals surface area contributed by atoms with Crippen molar-refractivity contribution in [3.63, 3.8) is 0 Å². The lowest BCUT2D eigenvalue weighted by molar-refractivity contribution is -0.256. The number of ether oxygens (including phenoxy) is 5. The van der Waals surface area contributed by atoms with Gasteiger partial charge >= 0.3 is 5.97 Å². The van der Waals surface area contributed by atoms with Crippen molar-refractivity contribution in [1.82, 2.24) is 10.6 Å². The zero-order valence-electron chi connectivity index (χ0n) is 29.9. The van der Waals surface area contributed by atoms with E-state index in [4.69, 9.17) is 18.9 Å². The molecule has 1 aromatic carbocycles. The highest BCUT2D eigenvalue weighted by Gasteiger charge is 2.36. The number of hydrogen-bond donors (Lipinski definition) is 5. The summed E-state index contributed by atoms with van der Waals surface area (Å²) in [6.45, 7) is 1.95. The molecule has 1 aliphatic rings. The minimum atomic E-state index is -2.32. The minimum absolute atomic E-state index is 0.0686. The molecule has 4 atom stereocenters. The predicted molar refractivity (Wildman–Crippen MR) is 178 cm³/mol. The molecular formula is C35H53F5N2O11. The largest absolute Gasteiger partial charge is 0.420 e. The van der Waals surface area contributed by atoms with Crippen LogP contribution in [0.25, 0.3) is 0 Å². The van der Waals surface area contributed by atoms with Crippen molar-refractivity contribution in [2.45, 2.75) is 114 Å². The molecule has 1 heterocycles. The van der Waals surface area contributed by atoms with E-state index in [9.17, 15) is 51.7 Å². The molecule has 5 N–H and O–H groups in total. The second-order valence-electron chi connectivity index (χ2n) is 12.5. The number of unbranched alkanes of at least 4 members (excludes halogenated alkanes) is 8. The Bertz CT molecular complexity index is 1220. The molecule has 1 fully saturated rings. The van der Waals surface area contributed by atoms with Crippen LogP contribution in [0, 0.1) is 29.1 Å². The number of benzene rings is 1. The SMILES string of the molecule is O=C(CCCCCCCCCCC(=O)Oc1c(F)c(F)c(F)c(F)c1F)NCCOCCOCCNC(=O)CCCCO[C@H]1C[C@@H](O)[C@@H](O)[C@@H](CO)O1. The smallest absolute Gasteiger partial charge is 0.311 e. The van der Waals surface area contributed by atoms with Gasteiger partial charge < -0.3 is 49.6 Å². The van der Waals surface area contributed by atoms with Crippen LogP contribution in [0.3, 0.4) is 0 Å². The van der Waals surface area contributed by atoms with Gasteiger partial charge in [0, 0.05) is 45.4 Å². The number of aliphatic hydroxyl groups excluding tert-OH is 3. The van der Waals surface area contributed by atoms with Crippen LogP contribution in [0.4, 0.5) is 22.0 Å². The van der Waals surface area contributed by atoms with E-state index < -0.39 is 72.0 Å². The van der Waals surface area contributed by atoms with Crippen LogP contribution >= 0.6 is 0 Å². The van der Waals surface area contributed by atoms with E-state index in [-0.39, 0.29) is 24.7 Å². The second-order valence-corrected chi connectivity index (χ2v) is 12.5. The maximum Gasteiger partial charge on any atom is 0.311 e. The van der Waals surface area contributed by atoms with Crippen LogP contribution in [0.15, 0.2) is 0 Å². The van der Waals surface area contributed by atoms with Gasteiger partial charge in [0.05, 0.1) is 39.1 Å². The van der Waals surface area contributed by atoms with Crippen LogP contribution < -0.4 is 15.4 Å². The Morgan fingerprint density at radius 2 is 1.11 bits per heavy atom. The first kappa shape index (κ1) is 46.2. The van der Waals surface area contributed by atoms with E-state index in [1.54, 1.807) is 0 Å². The quantitative estimate of drug-likeness (QED) is 0.0210. The summed E-state index contributed by atoms with van der Waals surface area (Å²) >= 11 is 0. The molecular weight excluding hydrogens is 719 g/mol. The van der Waals surface area contributed by atoms with Crippen LogP contribution in [0.1, 0.15) is 89.9 Å². The Balaban J connectivity index is 1.31. The fraction of sp³-hybridized carbons (Fsp3) is 0.743. The van der Waals surface area contributed by atoms with E-state index in [2.05, 4.69) is 15.4 Å². The summed E-state index contributed by atoms with van der Waals surface area (Å²) in [5, 5.41) is 34.3. The molecule has 1 aromatic rings. The fourth-order valence-corrected chi connectivity index (χ4v) is 5.25. The van der Waals surface area contributed by atoms with Crippen LogP contribution in [-0.2, 0) is 33.3 Å². The summed E-state index contributed by atoms with van der Waals surface area (Å²) < 4.78 is 92.9. The summed E-state index contributed by atoms with van der Waals surface area (Å²) in [5.74, 6) is -13.9. The van der Waals surface area contributed by atoms with Gasteiger partial charge in [0.1, 0.15) is 12.2 Å². The van der Waals surface area contributed by atoms with Crippen LogP contribution in [0.2, 0.25) is 0 Å². The average molecular weight is 773 g/mol. The van der Waals surface area contributed by atoms with Gasteiger partial charge in [-0.15, -0.1) is 0 Å². The lowest BCUT2D eigenvalue weighted by atomic mass is 10.0. The number of carbonyl (C=O) groups is 3. The van der Waals surface area contributed by atoms with Gasteiger partial charge in [-0.25, -0.2) is 13.2 Å². The molecule has 2 amide bonds. The highest BCUT2D eigenvalue weighted by molar-refractivity contribution is 5.76. The molecule has 13 nitrogen and oxygen atoms in total. The van der Waals surface area contributed by atoms with E-state index in [1.807, 2.05) is 0 Å². The molecule has 1 aliphatic heterocycles. The van der Waals surface area contributed by atoms with Crippen molar-refractivity contribution in [3.05, 3.63) is 29.1 Å². The Morgan fingerprint density at radius 3 is 1.64 bits per heavy atom. The number of rotatable bonds is 28. The minimum Gasteiger partial charge on any atom is -0.420 e. The first-order valence-corrected chi connectivity index (χ1v) is 18.1. The van der Waals surface area contributed by atoms with E-state index in [0.29, 0.717) is 84.6 Å². The van der Waals surface area contributed by atoms with Gasteiger partial charge in [-0.3, -0.25) is 14.4 Å². The molecule has 0 aromatic heterocycles. The normalized spacial score (nSPS) is 18.6. The molecule has 0 bridgehead atoms. The van der Waals surface area contributed by atoms with Crippen molar-refractivity contribution in [1.29, 1.82) is 0 Å². The number of amides is 2. The molecule has 304 valence electrons. The number of nitrogens with one attached hydrogen (secondary N) is 2. The summed E-state index contributed by atoms with van der Waals surface area (Å²) in [6, 6.07) is 0. The zero-order chi connectivity index (χ0) is 39.0. The van der Waals surface area contributed by atoms with Crippen molar-refractivity contribution >= 4 is 17.8 Å². The molecule has 0 aliphatic carbocycles. The van der Waals surface area contributed by atoms with Gasteiger partial charge in [-0.2, -0.15) is 8.78 Å². The Labute approximate surface area is 305 Å². The Morgan fingerprint density at radius 1 is 0.642 bits per heavy atom. The van der Waals surface area contributed by atoms with Gasteiger partial charge in [0.15, 0.2) is 6.29 Å². The maximum atomic E-state index is 13.6. The third-order valence-corrected chi connectivity index (χ3v) is 8.25. The number of aliphatic hydroxyl groups is 3. The van der Waals surface area contributed by atoms with Crippen LogP contribution in [0.5, 0.6) is 5.75 Å². The predicted octanol–water partition coefficient (Wildman–Crippen LogP) is 3.47. The first-order chi connectivity index (χ1) is 25.5.